The molecule has 0 radical (unpaired) electrons. The number of rotatable bonds is 14. The summed E-state index contributed by atoms with van der Waals surface area (Å²) in [5, 5.41) is 9.90. The lowest BCUT2D eigenvalue weighted by Gasteiger charge is -2.38. The van der Waals surface area contributed by atoms with E-state index in [2.05, 4.69) is 29.1 Å². The Morgan fingerprint density at radius 1 is 1.20 bits per heavy atom. The van der Waals surface area contributed by atoms with E-state index < -0.39 is 53.6 Å². The smallest absolute Gasteiger partial charge is 0.313 e. The highest BCUT2D eigenvalue weighted by molar-refractivity contribution is 9.09. The standard InChI is InChI=1S/C33H44BrN3O7/c1-7-9-15-24(39)35(6)21(5)27(22-13-11-10-12-14-22)43-32(42)25-26-30(40)37(17-18-38)29(31(41)36(16-8-2)20(3)4)33(26)19-23(34)28(25)44-33/h7-8,10-14,20-21,23,25-29,38H,1-2,9,15-19H2,3-6H3/t21-,23?,25-,26+,27+,28-,29-,33+/m0/s1. The zero-order valence-electron chi connectivity index (χ0n) is 25.9. The summed E-state index contributed by atoms with van der Waals surface area (Å²) in [6.07, 6.45) is 2.93. The summed E-state index contributed by atoms with van der Waals surface area (Å²) in [4.78, 5) is 59.6. The first-order chi connectivity index (χ1) is 20.9. The van der Waals surface area contributed by atoms with Gasteiger partial charge in [-0.1, -0.05) is 58.4 Å². The number of nitrogens with zero attached hydrogens (tertiary/aromatic N) is 3. The van der Waals surface area contributed by atoms with Crippen molar-refractivity contribution in [1.82, 2.24) is 14.7 Å². The van der Waals surface area contributed by atoms with E-state index in [0.29, 0.717) is 18.4 Å². The van der Waals surface area contributed by atoms with Crippen LogP contribution in [0.25, 0.3) is 0 Å². The number of amides is 3. The second-order valence-corrected chi connectivity index (χ2v) is 13.3. The van der Waals surface area contributed by atoms with Gasteiger partial charge < -0.3 is 29.3 Å². The van der Waals surface area contributed by atoms with Crippen LogP contribution in [0, 0.1) is 11.8 Å². The van der Waals surface area contributed by atoms with Crippen LogP contribution in [-0.2, 0) is 28.7 Å². The summed E-state index contributed by atoms with van der Waals surface area (Å²) in [7, 11) is 1.68. The molecule has 240 valence electrons. The molecule has 0 saturated carbocycles. The Hall–Kier alpha value is -3.02. The summed E-state index contributed by atoms with van der Waals surface area (Å²) in [6, 6.07) is 7.47. The maximum atomic E-state index is 14.2. The van der Waals surface area contributed by atoms with Crippen LogP contribution >= 0.6 is 15.9 Å². The first-order valence-corrected chi connectivity index (χ1v) is 16.1. The van der Waals surface area contributed by atoms with Gasteiger partial charge in [-0.25, -0.2) is 0 Å². The minimum absolute atomic E-state index is 0.0719. The van der Waals surface area contributed by atoms with Gasteiger partial charge in [0.2, 0.25) is 17.7 Å². The van der Waals surface area contributed by atoms with Crippen LogP contribution in [0.15, 0.2) is 55.6 Å². The molecule has 1 aromatic rings. The molecule has 8 atom stereocenters. The summed E-state index contributed by atoms with van der Waals surface area (Å²) >= 11 is 3.68. The molecule has 3 amide bonds. The molecule has 44 heavy (non-hydrogen) atoms. The maximum Gasteiger partial charge on any atom is 0.313 e. The lowest BCUT2D eigenvalue weighted by atomic mass is 9.70. The molecule has 3 aliphatic heterocycles. The first kappa shape index (κ1) is 33.9. The molecule has 3 heterocycles. The van der Waals surface area contributed by atoms with Crippen molar-refractivity contribution in [2.45, 2.75) is 80.8 Å². The lowest BCUT2D eigenvalue weighted by molar-refractivity contribution is -0.164. The molecule has 0 aromatic heterocycles. The molecule has 1 N–H and O–H groups in total. The summed E-state index contributed by atoms with van der Waals surface area (Å²) in [6.45, 7) is 12.9. The average molecular weight is 675 g/mol. The Morgan fingerprint density at radius 3 is 2.48 bits per heavy atom. The van der Waals surface area contributed by atoms with E-state index in [1.807, 2.05) is 51.1 Å². The molecule has 2 bridgehead atoms. The van der Waals surface area contributed by atoms with Crippen LogP contribution in [0.4, 0.5) is 0 Å². The number of likely N-dealkylation sites (tertiary alicyclic amines) is 1. The Bertz CT molecular complexity index is 1260. The lowest BCUT2D eigenvalue weighted by Crippen LogP contribution is -2.58. The predicted octanol–water partition coefficient (Wildman–Crippen LogP) is 3.25. The third-order valence-electron chi connectivity index (χ3n) is 9.24. The molecular weight excluding hydrogens is 630 g/mol. The molecule has 11 heteroatoms. The van der Waals surface area contributed by atoms with Gasteiger partial charge in [-0.3, -0.25) is 19.2 Å². The van der Waals surface area contributed by atoms with Gasteiger partial charge in [0, 0.05) is 37.4 Å². The van der Waals surface area contributed by atoms with Crippen molar-refractivity contribution in [2.75, 3.05) is 26.7 Å². The minimum atomic E-state index is -1.27. The van der Waals surface area contributed by atoms with Gasteiger partial charge in [-0.2, -0.15) is 0 Å². The highest BCUT2D eigenvalue weighted by Crippen LogP contribution is 2.60. The predicted molar refractivity (Wildman–Crippen MR) is 168 cm³/mol. The van der Waals surface area contributed by atoms with Gasteiger partial charge in [-0.05, 0) is 39.2 Å². The number of fused-ring (bicyclic) bond motifs is 1. The second-order valence-electron chi connectivity index (χ2n) is 12.1. The van der Waals surface area contributed by atoms with Crippen molar-refractivity contribution in [3.05, 3.63) is 61.2 Å². The maximum absolute atomic E-state index is 14.2. The number of carbonyl (C=O) groups is 4. The van der Waals surface area contributed by atoms with Crippen LogP contribution in [0.3, 0.4) is 0 Å². The van der Waals surface area contributed by atoms with Crippen LogP contribution in [0.2, 0.25) is 0 Å². The van der Waals surface area contributed by atoms with Crippen molar-refractivity contribution in [2.24, 2.45) is 11.8 Å². The number of halogens is 1. The molecule has 1 unspecified atom stereocenters. The van der Waals surface area contributed by atoms with Gasteiger partial charge in [-0.15, -0.1) is 13.2 Å². The Balaban J connectivity index is 1.70. The fourth-order valence-corrected chi connectivity index (χ4v) is 7.94. The number of hydrogen-bond acceptors (Lipinski definition) is 7. The molecule has 0 aliphatic carbocycles. The van der Waals surface area contributed by atoms with Gasteiger partial charge in [0.15, 0.2) is 0 Å². The van der Waals surface area contributed by atoms with Crippen LogP contribution in [-0.4, -0.2) is 105 Å². The Labute approximate surface area is 268 Å². The summed E-state index contributed by atoms with van der Waals surface area (Å²) < 4.78 is 12.8. The molecule has 1 aromatic carbocycles. The number of aliphatic hydroxyl groups is 1. The molecule has 4 rings (SSSR count). The number of ether oxygens (including phenoxy) is 2. The van der Waals surface area contributed by atoms with E-state index >= 15 is 0 Å². The van der Waals surface area contributed by atoms with E-state index in [1.54, 1.807) is 29.0 Å². The summed E-state index contributed by atoms with van der Waals surface area (Å²) in [5.74, 6) is -3.43. The average Bonchev–Trinajstić information content (AvgIpc) is 3.60. The van der Waals surface area contributed by atoms with Crippen LogP contribution < -0.4 is 0 Å². The third-order valence-corrected chi connectivity index (χ3v) is 10.1. The number of alkyl halides is 1. The normalized spacial score (nSPS) is 28.4. The number of likely N-dealkylation sites (N-methyl/N-ethyl adjacent to an activating group) is 1. The fraction of sp³-hybridized carbons (Fsp3) is 0.576. The molecule has 3 saturated heterocycles. The van der Waals surface area contributed by atoms with Gasteiger partial charge in [0.05, 0.1) is 30.6 Å². The highest BCUT2D eigenvalue weighted by Gasteiger charge is 2.77. The van der Waals surface area contributed by atoms with E-state index in [1.165, 1.54) is 4.90 Å². The van der Waals surface area contributed by atoms with E-state index in [-0.39, 0.29) is 48.8 Å². The Kier molecular flexibility index (Phi) is 10.7. The number of benzene rings is 1. The SMILES string of the molecule is C=CCCC(=O)N(C)[C@@H](C)[C@@H](OC(=O)[C@@H]1[C@H]2O[C@@]3(CC2Br)[C@H](C(=O)N(CC=C)C(C)C)N(CCO)C(=O)[C@@H]13)c1ccccc1. The van der Waals surface area contributed by atoms with Crippen molar-refractivity contribution in [3.63, 3.8) is 0 Å². The molecule has 10 nitrogen and oxygen atoms in total. The monoisotopic (exact) mass is 673 g/mol. The van der Waals surface area contributed by atoms with Crippen LogP contribution in [0.1, 0.15) is 51.7 Å². The van der Waals surface area contributed by atoms with Gasteiger partial charge >= 0.3 is 5.97 Å². The van der Waals surface area contributed by atoms with Crippen molar-refractivity contribution >= 4 is 39.6 Å². The first-order valence-electron chi connectivity index (χ1n) is 15.2. The summed E-state index contributed by atoms with van der Waals surface area (Å²) in [5.41, 5.74) is -0.568. The van der Waals surface area contributed by atoms with E-state index in [4.69, 9.17) is 9.47 Å². The zero-order chi connectivity index (χ0) is 32.3. The largest absolute Gasteiger partial charge is 0.455 e. The number of aliphatic hydroxyl groups excluding tert-OH is 1. The highest BCUT2D eigenvalue weighted by atomic mass is 79.9. The number of allylic oxidation sites excluding steroid dienone is 1. The Morgan fingerprint density at radius 2 is 1.89 bits per heavy atom. The van der Waals surface area contributed by atoms with Crippen molar-refractivity contribution in [1.29, 1.82) is 0 Å². The number of β-amino-alcohol motifs (C(OH)–C–C–N with tert-alkyl or cyclic N) is 1. The van der Waals surface area contributed by atoms with E-state index in [9.17, 15) is 24.3 Å². The van der Waals surface area contributed by atoms with Gasteiger partial charge in [0.25, 0.3) is 0 Å². The molecular formula is C33H44BrN3O7. The van der Waals surface area contributed by atoms with Crippen LogP contribution in [0.5, 0.6) is 0 Å². The second kappa shape index (κ2) is 14.0. The van der Waals surface area contributed by atoms with E-state index in [0.717, 1.165) is 0 Å². The van der Waals surface area contributed by atoms with Crippen molar-refractivity contribution < 1.29 is 33.8 Å². The number of carbonyl (C=O) groups excluding carboxylic acids is 4. The minimum Gasteiger partial charge on any atom is -0.455 e. The quantitative estimate of drug-likeness (QED) is 0.183. The molecule has 3 fully saturated rings. The van der Waals surface area contributed by atoms with Crippen molar-refractivity contribution in [3.8, 4) is 0 Å². The molecule has 1 spiro atoms. The number of esters is 1. The molecule has 3 aliphatic rings. The third kappa shape index (κ3) is 5.98. The number of hydrogen-bond donors (Lipinski definition) is 1. The zero-order valence-corrected chi connectivity index (χ0v) is 27.5. The fourth-order valence-electron chi connectivity index (χ4n) is 7.00. The van der Waals surface area contributed by atoms with Gasteiger partial charge in [0.1, 0.15) is 17.7 Å². The topological polar surface area (TPSA) is 117 Å².